The minimum Gasteiger partial charge on any atom is -0.444 e. The van der Waals surface area contributed by atoms with Gasteiger partial charge in [-0.2, -0.15) is 0 Å². The van der Waals surface area contributed by atoms with E-state index in [-0.39, 0.29) is 11.8 Å². The van der Waals surface area contributed by atoms with Crippen LogP contribution in [-0.4, -0.2) is 23.1 Å². The summed E-state index contributed by atoms with van der Waals surface area (Å²) in [5.74, 6) is -0.399. The molecule has 2 rings (SSSR count). The molecule has 19 heavy (non-hydrogen) atoms. The number of nitrogens with zero attached hydrogens (tertiary/aromatic N) is 1. The third-order valence-electron chi connectivity index (χ3n) is 2.98. The van der Waals surface area contributed by atoms with E-state index in [1.165, 1.54) is 6.07 Å². The van der Waals surface area contributed by atoms with Crippen LogP contribution in [0.2, 0.25) is 0 Å². The number of benzene rings is 1. The number of hydrogen-bond donors (Lipinski definition) is 1. The lowest BCUT2D eigenvalue weighted by Gasteiger charge is -2.31. The fourth-order valence-corrected chi connectivity index (χ4v) is 2.08. The largest absolute Gasteiger partial charge is 0.444 e. The van der Waals surface area contributed by atoms with Crippen molar-refractivity contribution in [3.8, 4) is 0 Å². The van der Waals surface area contributed by atoms with Gasteiger partial charge in [-0.25, -0.2) is 9.18 Å². The van der Waals surface area contributed by atoms with Gasteiger partial charge >= 0.3 is 6.09 Å². The Hall–Kier alpha value is -1.78. The van der Waals surface area contributed by atoms with Crippen molar-refractivity contribution in [3.05, 3.63) is 29.1 Å². The number of halogens is 1. The fourth-order valence-electron chi connectivity index (χ4n) is 2.08. The summed E-state index contributed by atoms with van der Waals surface area (Å²) < 4.78 is 18.7. The highest BCUT2D eigenvalue weighted by molar-refractivity contribution is 5.69. The van der Waals surface area contributed by atoms with Gasteiger partial charge in [0, 0.05) is 13.1 Å². The van der Waals surface area contributed by atoms with Crippen LogP contribution in [0.1, 0.15) is 31.9 Å². The number of nitrogen functional groups attached to an aromatic ring is 1. The van der Waals surface area contributed by atoms with Crippen molar-refractivity contribution in [1.29, 1.82) is 0 Å². The molecule has 2 N–H and O–H groups in total. The van der Waals surface area contributed by atoms with Gasteiger partial charge in [0.1, 0.15) is 11.4 Å². The zero-order valence-electron chi connectivity index (χ0n) is 11.5. The van der Waals surface area contributed by atoms with E-state index in [0.29, 0.717) is 19.5 Å². The van der Waals surface area contributed by atoms with Crippen LogP contribution in [0.5, 0.6) is 0 Å². The van der Waals surface area contributed by atoms with Crippen LogP contribution < -0.4 is 5.73 Å². The van der Waals surface area contributed by atoms with Gasteiger partial charge < -0.3 is 15.4 Å². The van der Waals surface area contributed by atoms with E-state index in [1.54, 1.807) is 11.0 Å². The van der Waals surface area contributed by atoms with Crippen molar-refractivity contribution < 1.29 is 13.9 Å². The zero-order chi connectivity index (χ0) is 14.2. The number of hydrogen-bond acceptors (Lipinski definition) is 3. The number of carbonyl (C=O) groups is 1. The molecule has 1 aliphatic rings. The molecule has 0 saturated carbocycles. The summed E-state index contributed by atoms with van der Waals surface area (Å²) in [5.41, 5.74) is 6.95. The molecule has 0 bridgehead atoms. The lowest BCUT2D eigenvalue weighted by molar-refractivity contribution is 0.0224. The monoisotopic (exact) mass is 266 g/mol. The van der Waals surface area contributed by atoms with Gasteiger partial charge in [-0.15, -0.1) is 0 Å². The Balaban J connectivity index is 2.14. The number of anilines is 1. The van der Waals surface area contributed by atoms with Gasteiger partial charge in [-0.1, -0.05) is 0 Å². The maximum atomic E-state index is 13.4. The molecule has 0 unspecified atom stereocenters. The minimum absolute atomic E-state index is 0.116. The summed E-state index contributed by atoms with van der Waals surface area (Å²) >= 11 is 0. The second-order valence-electron chi connectivity index (χ2n) is 5.79. The molecule has 0 radical (unpaired) electrons. The molecule has 0 aliphatic carbocycles. The Bertz CT molecular complexity index is 509. The average molecular weight is 266 g/mol. The Morgan fingerprint density at radius 3 is 2.68 bits per heavy atom. The first kappa shape index (κ1) is 13.6. The third kappa shape index (κ3) is 3.16. The summed E-state index contributed by atoms with van der Waals surface area (Å²) in [7, 11) is 0. The number of fused-ring (bicyclic) bond motifs is 1. The van der Waals surface area contributed by atoms with Crippen LogP contribution in [0.25, 0.3) is 0 Å². The third-order valence-corrected chi connectivity index (χ3v) is 2.98. The van der Waals surface area contributed by atoms with E-state index >= 15 is 0 Å². The number of ether oxygens (including phenoxy) is 1. The first-order valence-electron chi connectivity index (χ1n) is 6.31. The second kappa shape index (κ2) is 4.72. The minimum atomic E-state index is -0.515. The number of amides is 1. The molecule has 104 valence electrons. The van der Waals surface area contributed by atoms with Crippen molar-refractivity contribution in [1.82, 2.24) is 4.90 Å². The van der Waals surface area contributed by atoms with Crippen molar-refractivity contribution in [2.75, 3.05) is 12.3 Å². The van der Waals surface area contributed by atoms with E-state index in [2.05, 4.69) is 0 Å². The topological polar surface area (TPSA) is 55.6 Å². The van der Waals surface area contributed by atoms with Crippen molar-refractivity contribution >= 4 is 11.8 Å². The molecule has 1 heterocycles. The highest BCUT2D eigenvalue weighted by atomic mass is 19.1. The van der Waals surface area contributed by atoms with Crippen LogP contribution >= 0.6 is 0 Å². The van der Waals surface area contributed by atoms with E-state index in [9.17, 15) is 9.18 Å². The smallest absolute Gasteiger partial charge is 0.410 e. The Kier molecular flexibility index (Phi) is 3.39. The predicted molar refractivity (Wildman–Crippen MR) is 71.2 cm³/mol. The Labute approximate surface area is 112 Å². The van der Waals surface area contributed by atoms with Crippen LogP contribution in [0.4, 0.5) is 14.9 Å². The van der Waals surface area contributed by atoms with Gasteiger partial charge in [-0.3, -0.25) is 0 Å². The molecular formula is C14H19FN2O2. The SMILES string of the molecule is CC(C)(C)OC(=O)N1CCc2cc(F)c(N)cc2C1. The molecule has 0 atom stereocenters. The van der Waals surface area contributed by atoms with Crippen LogP contribution in [0.3, 0.4) is 0 Å². The second-order valence-corrected chi connectivity index (χ2v) is 5.79. The molecule has 0 spiro atoms. The van der Waals surface area contributed by atoms with E-state index < -0.39 is 11.4 Å². The Morgan fingerprint density at radius 1 is 1.37 bits per heavy atom. The first-order valence-corrected chi connectivity index (χ1v) is 6.31. The molecule has 1 aliphatic heterocycles. The van der Waals surface area contributed by atoms with Crippen molar-refractivity contribution in [3.63, 3.8) is 0 Å². The summed E-state index contributed by atoms with van der Waals surface area (Å²) in [6.45, 7) is 6.43. The summed E-state index contributed by atoms with van der Waals surface area (Å²) in [6.07, 6.45) is 0.271. The summed E-state index contributed by atoms with van der Waals surface area (Å²) in [4.78, 5) is 13.6. The summed E-state index contributed by atoms with van der Waals surface area (Å²) in [6, 6.07) is 3.05. The van der Waals surface area contributed by atoms with Crippen molar-refractivity contribution in [2.45, 2.75) is 39.3 Å². The first-order chi connectivity index (χ1) is 8.76. The molecule has 0 aromatic heterocycles. The van der Waals surface area contributed by atoms with E-state index in [1.807, 2.05) is 20.8 Å². The molecular weight excluding hydrogens is 247 g/mol. The normalized spacial score (nSPS) is 15.1. The fraction of sp³-hybridized carbons (Fsp3) is 0.500. The number of carbonyl (C=O) groups excluding carboxylic acids is 1. The average Bonchev–Trinajstić information content (AvgIpc) is 2.27. The van der Waals surface area contributed by atoms with Gasteiger partial charge in [0.25, 0.3) is 0 Å². The van der Waals surface area contributed by atoms with Crippen LogP contribution in [0.15, 0.2) is 12.1 Å². The molecule has 0 fully saturated rings. The van der Waals surface area contributed by atoms with Gasteiger partial charge in [0.05, 0.1) is 5.69 Å². The number of nitrogens with two attached hydrogens (primary N) is 1. The van der Waals surface area contributed by atoms with Crippen LogP contribution in [0, 0.1) is 5.82 Å². The molecule has 5 heteroatoms. The molecule has 4 nitrogen and oxygen atoms in total. The van der Waals surface area contributed by atoms with Gasteiger partial charge in [-0.05, 0) is 50.5 Å². The highest BCUT2D eigenvalue weighted by Gasteiger charge is 2.26. The van der Waals surface area contributed by atoms with Gasteiger partial charge in [0.15, 0.2) is 0 Å². The Morgan fingerprint density at radius 2 is 2.05 bits per heavy atom. The van der Waals surface area contributed by atoms with Gasteiger partial charge in [0.2, 0.25) is 0 Å². The number of rotatable bonds is 0. The van der Waals surface area contributed by atoms with E-state index in [4.69, 9.17) is 10.5 Å². The summed E-state index contributed by atoms with van der Waals surface area (Å²) in [5, 5.41) is 0. The maximum Gasteiger partial charge on any atom is 0.410 e. The molecule has 1 aromatic carbocycles. The molecule has 1 aromatic rings. The molecule has 0 saturated heterocycles. The van der Waals surface area contributed by atoms with Crippen molar-refractivity contribution in [2.24, 2.45) is 0 Å². The standard InChI is InChI=1S/C14H19FN2O2/c1-14(2,3)19-13(18)17-5-4-9-6-11(15)12(16)7-10(9)8-17/h6-7H,4-5,8,16H2,1-3H3. The van der Waals surface area contributed by atoms with Crippen LogP contribution in [-0.2, 0) is 17.7 Å². The zero-order valence-corrected chi connectivity index (χ0v) is 11.5. The quantitative estimate of drug-likeness (QED) is 0.734. The lowest BCUT2D eigenvalue weighted by atomic mass is 9.99. The predicted octanol–water partition coefficient (Wildman–Crippen LogP) is 2.70. The highest BCUT2D eigenvalue weighted by Crippen LogP contribution is 2.25. The van der Waals surface area contributed by atoms with E-state index in [0.717, 1.165) is 11.1 Å². The lowest BCUT2D eigenvalue weighted by Crippen LogP contribution is -2.39. The molecule has 1 amide bonds. The maximum absolute atomic E-state index is 13.4.